The fourth-order valence-electron chi connectivity index (χ4n) is 2.67. The van der Waals surface area contributed by atoms with E-state index in [2.05, 4.69) is 9.88 Å². The molecule has 0 aliphatic carbocycles. The lowest BCUT2D eigenvalue weighted by atomic mass is 10.2. The van der Waals surface area contributed by atoms with Gasteiger partial charge in [-0.25, -0.2) is 4.98 Å². The third-order valence-corrected chi connectivity index (χ3v) is 4.51. The summed E-state index contributed by atoms with van der Waals surface area (Å²) < 4.78 is 12.1. The number of hydrogen-bond acceptors (Lipinski definition) is 5. The van der Waals surface area contributed by atoms with Gasteiger partial charge in [0.2, 0.25) is 0 Å². The molecule has 1 fully saturated rings. The van der Waals surface area contributed by atoms with Gasteiger partial charge in [-0.2, -0.15) is 0 Å². The molecule has 2 heterocycles. The van der Waals surface area contributed by atoms with E-state index in [4.69, 9.17) is 32.7 Å². The number of benzene rings is 1. The Labute approximate surface area is 143 Å². The Kier molecular flexibility index (Phi) is 5.06. The zero-order chi connectivity index (χ0) is 16.4. The van der Waals surface area contributed by atoms with E-state index in [1.165, 1.54) is 19.5 Å². The van der Waals surface area contributed by atoms with Gasteiger partial charge in [-0.3, -0.25) is 14.3 Å². The Hall–Kier alpha value is -1.34. The summed E-state index contributed by atoms with van der Waals surface area (Å²) in [6.45, 7) is 4.51. The second-order valence-corrected chi connectivity index (χ2v) is 6.11. The minimum absolute atomic E-state index is 0.191. The van der Waals surface area contributed by atoms with Crippen LogP contribution in [0.2, 0.25) is 10.0 Å². The Morgan fingerprint density at radius 3 is 2.70 bits per heavy atom. The van der Waals surface area contributed by atoms with Crippen molar-refractivity contribution in [3.63, 3.8) is 0 Å². The highest BCUT2D eigenvalue weighted by atomic mass is 35.5. The van der Waals surface area contributed by atoms with Gasteiger partial charge in [0.05, 0.1) is 42.1 Å². The molecule has 0 bridgehead atoms. The monoisotopic (exact) mass is 357 g/mol. The van der Waals surface area contributed by atoms with Crippen molar-refractivity contribution in [1.82, 2.24) is 14.5 Å². The third-order valence-electron chi connectivity index (χ3n) is 3.93. The molecule has 1 aromatic carbocycles. The minimum atomic E-state index is -0.191. The number of nitrogens with zero attached hydrogens (tertiary/aromatic N) is 3. The first-order valence-corrected chi connectivity index (χ1v) is 8.08. The predicted octanol–water partition coefficient (Wildman–Crippen LogP) is 2.04. The standard InChI is InChI=1S/C15H17Cl2N3O3/c1-22-14-11(17)8-10(16)12-13(14)18-9-20(15(12)21)3-2-19-4-6-23-7-5-19/h8-9H,2-7H2,1H3. The van der Waals surface area contributed by atoms with Crippen LogP contribution >= 0.6 is 23.2 Å². The van der Waals surface area contributed by atoms with Crippen LogP contribution in [-0.2, 0) is 11.3 Å². The molecule has 0 radical (unpaired) electrons. The van der Waals surface area contributed by atoms with Crippen LogP contribution in [0.1, 0.15) is 0 Å². The van der Waals surface area contributed by atoms with Crippen molar-refractivity contribution in [2.24, 2.45) is 0 Å². The van der Waals surface area contributed by atoms with E-state index in [0.29, 0.717) is 28.2 Å². The average molecular weight is 358 g/mol. The molecule has 6 nitrogen and oxygen atoms in total. The molecule has 1 aromatic heterocycles. The number of methoxy groups -OCH3 is 1. The molecular weight excluding hydrogens is 341 g/mol. The average Bonchev–Trinajstić information content (AvgIpc) is 2.55. The minimum Gasteiger partial charge on any atom is -0.493 e. The highest BCUT2D eigenvalue weighted by Gasteiger charge is 2.17. The number of halogens is 2. The van der Waals surface area contributed by atoms with Gasteiger partial charge in [-0.15, -0.1) is 0 Å². The van der Waals surface area contributed by atoms with Gasteiger partial charge in [0.15, 0.2) is 5.75 Å². The van der Waals surface area contributed by atoms with E-state index in [-0.39, 0.29) is 10.6 Å². The van der Waals surface area contributed by atoms with E-state index < -0.39 is 0 Å². The summed E-state index contributed by atoms with van der Waals surface area (Å²) in [7, 11) is 1.49. The van der Waals surface area contributed by atoms with Crippen LogP contribution in [0.25, 0.3) is 10.9 Å². The molecule has 0 unspecified atom stereocenters. The first-order chi connectivity index (χ1) is 11.1. The highest BCUT2D eigenvalue weighted by molar-refractivity contribution is 6.39. The number of aromatic nitrogens is 2. The normalized spacial score (nSPS) is 16.0. The van der Waals surface area contributed by atoms with Crippen molar-refractivity contribution in [3.05, 3.63) is 32.8 Å². The fraction of sp³-hybridized carbons (Fsp3) is 0.467. The molecule has 3 rings (SSSR count). The van der Waals surface area contributed by atoms with E-state index in [9.17, 15) is 4.79 Å². The van der Waals surface area contributed by atoms with Gasteiger partial charge in [-0.1, -0.05) is 23.2 Å². The molecule has 1 saturated heterocycles. The number of ether oxygens (including phenoxy) is 2. The third kappa shape index (κ3) is 3.30. The van der Waals surface area contributed by atoms with E-state index in [1.54, 1.807) is 4.57 Å². The zero-order valence-electron chi connectivity index (χ0n) is 12.7. The van der Waals surface area contributed by atoms with Crippen LogP contribution < -0.4 is 10.3 Å². The molecule has 8 heteroatoms. The molecule has 2 aromatic rings. The first-order valence-electron chi connectivity index (χ1n) is 7.33. The number of fused-ring (bicyclic) bond motifs is 1. The van der Waals surface area contributed by atoms with Gasteiger partial charge in [0.1, 0.15) is 5.52 Å². The van der Waals surface area contributed by atoms with E-state index in [0.717, 1.165) is 32.8 Å². The van der Waals surface area contributed by atoms with E-state index >= 15 is 0 Å². The maximum Gasteiger partial charge on any atom is 0.262 e. The SMILES string of the molecule is COc1c(Cl)cc(Cl)c2c(=O)n(CCN3CCOCC3)cnc12. The predicted molar refractivity (Wildman–Crippen MR) is 89.8 cm³/mol. The van der Waals surface area contributed by atoms with Gasteiger partial charge >= 0.3 is 0 Å². The molecule has 0 N–H and O–H groups in total. The summed E-state index contributed by atoms with van der Waals surface area (Å²) in [6, 6.07) is 1.51. The smallest absolute Gasteiger partial charge is 0.262 e. The highest BCUT2D eigenvalue weighted by Crippen LogP contribution is 2.35. The molecular formula is C15H17Cl2N3O3. The molecule has 23 heavy (non-hydrogen) atoms. The van der Waals surface area contributed by atoms with Crippen molar-refractivity contribution in [2.45, 2.75) is 6.54 Å². The van der Waals surface area contributed by atoms with Crippen molar-refractivity contribution >= 4 is 34.1 Å². The van der Waals surface area contributed by atoms with Gasteiger partial charge in [-0.05, 0) is 6.07 Å². The maximum atomic E-state index is 12.7. The summed E-state index contributed by atoms with van der Waals surface area (Å²) >= 11 is 12.3. The van der Waals surface area contributed by atoms with Crippen molar-refractivity contribution in [2.75, 3.05) is 40.0 Å². The number of hydrogen-bond donors (Lipinski definition) is 0. The topological polar surface area (TPSA) is 56.6 Å². The Morgan fingerprint density at radius 1 is 1.26 bits per heavy atom. The van der Waals surface area contributed by atoms with Crippen LogP contribution in [0.5, 0.6) is 5.75 Å². The van der Waals surface area contributed by atoms with Crippen LogP contribution in [0.4, 0.5) is 0 Å². The molecule has 0 amide bonds. The van der Waals surface area contributed by atoms with Crippen molar-refractivity contribution in [3.8, 4) is 5.75 Å². The van der Waals surface area contributed by atoms with Crippen LogP contribution in [0, 0.1) is 0 Å². The van der Waals surface area contributed by atoms with Gasteiger partial charge < -0.3 is 9.47 Å². The van der Waals surface area contributed by atoms with Crippen LogP contribution in [0.3, 0.4) is 0 Å². The summed E-state index contributed by atoms with van der Waals surface area (Å²) in [5.74, 6) is 0.364. The summed E-state index contributed by atoms with van der Waals surface area (Å²) in [6.07, 6.45) is 1.51. The molecule has 1 aliphatic heterocycles. The number of rotatable bonds is 4. The quantitative estimate of drug-likeness (QED) is 0.837. The van der Waals surface area contributed by atoms with Crippen LogP contribution in [0.15, 0.2) is 17.2 Å². The largest absolute Gasteiger partial charge is 0.493 e. The Balaban J connectivity index is 1.94. The molecule has 124 valence electrons. The second-order valence-electron chi connectivity index (χ2n) is 5.29. The summed E-state index contributed by atoms with van der Waals surface area (Å²) in [4.78, 5) is 19.3. The van der Waals surface area contributed by atoms with Crippen molar-refractivity contribution in [1.29, 1.82) is 0 Å². The molecule has 0 spiro atoms. The molecule has 1 aliphatic rings. The Bertz CT molecular complexity index is 773. The lowest BCUT2D eigenvalue weighted by Crippen LogP contribution is -2.39. The zero-order valence-corrected chi connectivity index (χ0v) is 14.2. The summed E-state index contributed by atoms with van der Waals surface area (Å²) in [5.41, 5.74) is 0.195. The van der Waals surface area contributed by atoms with Gasteiger partial charge in [0.25, 0.3) is 5.56 Å². The molecule has 0 atom stereocenters. The first kappa shape index (κ1) is 16.5. The fourth-order valence-corrected chi connectivity index (χ4v) is 3.28. The number of morpholine rings is 1. The maximum absolute atomic E-state index is 12.7. The molecule has 0 saturated carbocycles. The van der Waals surface area contributed by atoms with Gasteiger partial charge in [0, 0.05) is 26.2 Å². The lowest BCUT2D eigenvalue weighted by Gasteiger charge is -2.26. The summed E-state index contributed by atoms with van der Waals surface area (Å²) in [5, 5.41) is 0.949. The van der Waals surface area contributed by atoms with Crippen LogP contribution in [-0.4, -0.2) is 54.4 Å². The van der Waals surface area contributed by atoms with E-state index in [1.807, 2.05) is 0 Å². The van der Waals surface area contributed by atoms with Crippen molar-refractivity contribution < 1.29 is 9.47 Å². The lowest BCUT2D eigenvalue weighted by molar-refractivity contribution is 0.0362. The Morgan fingerprint density at radius 2 is 2.00 bits per heavy atom. The second kappa shape index (κ2) is 7.05.